The van der Waals surface area contributed by atoms with Gasteiger partial charge in [0.15, 0.2) is 11.5 Å². The average Bonchev–Trinajstić information content (AvgIpc) is 2.94. The van der Waals surface area contributed by atoms with Gasteiger partial charge in [0.1, 0.15) is 0 Å². The van der Waals surface area contributed by atoms with E-state index in [0.29, 0.717) is 0 Å². The summed E-state index contributed by atoms with van der Waals surface area (Å²) in [6.45, 7) is 2.29. The Balaban J connectivity index is 1.67. The van der Waals surface area contributed by atoms with Crippen LogP contribution in [0.2, 0.25) is 0 Å². The fraction of sp³-hybridized carbons (Fsp3) is 0.559. The summed E-state index contributed by atoms with van der Waals surface area (Å²) in [7, 11) is 3.44. The van der Waals surface area contributed by atoms with E-state index >= 15 is 0 Å². The third kappa shape index (κ3) is 12.3. The second-order valence-corrected chi connectivity index (χ2v) is 10.6. The molecule has 2 aromatic carbocycles. The van der Waals surface area contributed by atoms with Gasteiger partial charge in [-0.05, 0) is 36.1 Å². The van der Waals surface area contributed by atoms with Crippen molar-refractivity contribution in [3.63, 3.8) is 0 Å². The molecule has 0 aliphatic carbocycles. The summed E-state index contributed by atoms with van der Waals surface area (Å²) in [5.41, 5.74) is 3.25. The molecule has 2 aromatic rings. The Bertz CT molecular complexity index is 904. The monoisotopic (exact) mass is 522 g/mol. The molecule has 37 heavy (non-hydrogen) atoms. The van der Waals surface area contributed by atoms with Crippen LogP contribution in [0.25, 0.3) is 6.08 Å². The maximum atomic E-state index is 5.78. The molecular weight excluding hydrogens is 472 g/mol. The maximum Gasteiger partial charge on any atom is 0.168 e. The van der Waals surface area contributed by atoms with E-state index in [0.717, 1.165) is 33.9 Å². The van der Waals surface area contributed by atoms with Crippen molar-refractivity contribution < 1.29 is 9.47 Å². The van der Waals surface area contributed by atoms with Crippen LogP contribution < -0.4 is 9.47 Å². The van der Waals surface area contributed by atoms with Gasteiger partial charge < -0.3 is 9.47 Å². The summed E-state index contributed by atoms with van der Waals surface area (Å²) < 4.78 is 11.5. The fourth-order valence-corrected chi connectivity index (χ4v) is 5.14. The molecule has 0 amide bonds. The van der Waals surface area contributed by atoms with E-state index in [-0.39, 0.29) is 0 Å². The van der Waals surface area contributed by atoms with Crippen LogP contribution in [-0.2, 0) is 6.42 Å². The lowest BCUT2D eigenvalue weighted by Gasteiger charge is -2.15. The summed E-state index contributed by atoms with van der Waals surface area (Å²) in [5.74, 6) is 1.63. The Kier molecular flexibility index (Phi) is 16.7. The van der Waals surface area contributed by atoms with Gasteiger partial charge in [-0.1, -0.05) is 151 Å². The minimum atomic E-state index is 0.785. The van der Waals surface area contributed by atoms with E-state index < -0.39 is 0 Å². The quantitative estimate of drug-likeness (QED) is 0.0703. The summed E-state index contributed by atoms with van der Waals surface area (Å²) in [4.78, 5) is 0.809. The van der Waals surface area contributed by atoms with Crippen molar-refractivity contribution >= 4 is 23.2 Å². The van der Waals surface area contributed by atoms with Gasteiger partial charge in [0.2, 0.25) is 0 Å². The number of thiocarbonyl (C=S) groups is 1. The number of ether oxygens (including phenoxy) is 2. The van der Waals surface area contributed by atoms with E-state index in [9.17, 15) is 0 Å². The molecule has 0 aromatic heterocycles. The first kappa shape index (κ1) is 31.1. The van der Waals surface area contributed by atoms with Crippen molar-refractivity contribution in [1.82, 2.24) is 0 Å². The van der Waals surface area contributed by atoms with Gasteiger partial charge in [-0.2, -0.15) is 0 Å². The van der Waals surface area contributed by atoms with E-state index in [1.54, 1.807) is 14.2 Å². The predicted molar refractivity (Wildman–Crippen MR) is 165 cm³/mol. The van der Waals surface area contributed by atoms with Crippen LogP contribution in [0.1, 0.15) is 120 Å². The summed E-state index contributed by atoms with van der Waals surface area (Å²) >= 11 is 5.58. The van der Waals surface area contributed by atoms with Gasteiger partial charge in [-0.25, -0.2) is 0 Å². The molecule has 0 radical (unpaired) electrons. The highest BCUT2D eigenvalue weighted by Crippen LogP contribution is 2.36. The smallest absolute Gasteiger partial charge is 0.168 e. The number of methoxy groups -OCH3 is 2. The number of hydrogen-bond donors (Lipinski definition) is 0. The van der Waals surface area contributed by atoms with E-state index in [1.165, 1.54) is 102 Å². The first-order valence-corrected chi connectivity index (χ1v) is 15.1. The lowest BCUT2D eigenvalue weighted by Crippen LogP contribution is -1.99. The molecule has 2 rings (SSSR count). The highest BCUT2D eigenvalue weighted by Gasteiger charge is 2.13. The minimum Gasteiger partial charge on any atom is -0.493 e. The Morgan fingerprint density at radius 1 is 0.649 bits per heavy atom. The third-order valence-corrected chi connectivity index (χ3v) is 7.53. The average molecular weight is 523 g/mol. The van der Waals surface area contributed by atoms with Gasteiger partial charge >= 0.3 is 0 Å². The SMILES string of the molecule is CCCCCCCCCCCCCCCCCc1ccc(C=CC(=S)c2ccccc2)c(OC)c1OC. The summed E-state index contributed by atoms with van der Waals surface area (Å²) in [5, 5.41) is 0. The van der Waals surface area contributed by atoms with Crippen molar-refractivity contribution in [1.29, 1.82) is 0 Å². The topological polar surface area (TPSA) is 18.5 Å². The molecule has 0 saturated carbocycles. The zero-order valence-corrected chi connectivity index (χ0v) is 24.6. The number of aryl methyl sites for hydroxylation is 1. The predicted octanol–water partition coefficient (Wildman–Crippen LogP) is 10.5. The first-order valence-electron chi connectivity index (χ1n) is 14.7. The summed E-state index contributed by atoms with van der Waals surface area (Å²) in [6.07, 6.45) is 25.8. The zero-order valence-electron chi connectivity index (χ0n) is 23.7. The number of rotatable bonds is 21. The van der Waals surface area contributed by atoms with Crippen LogP contribution in [0.3, 0.4) is 0 Å². The van der Waals surface area contributed by atoms with Crippen molar-refractivity contribution in [2.45, 2.75) is 110 Å². The van der Waals surface area contributed by atoms with Gasteiger partial charge in [0.05, 0.1) is 14.2 Å². The lowest BCUT2D eigenvalue weighted by atomic mass is 10.0. The lowest BCUT2D eigenvalue weighted by molar-refractivity contribution is 0.350. The standard InChI is InChI=1S/C34H50O2S/c1-4-5-6-7-8-9-10-11-12-13-14-15-16-17-19-24-30-25-26-31(34(36-3)33(30)35-2)27-28-32(37)29-22-20-18-21-23-29/h18,20-23,25-28H,4-17,19,24H2,1-3H3. The summed E-state index contributed by atoms with van der Waals surface area (Å²) in [6, 6.07) is 14.4. The normalized spacial score (nSPS) is 11.2. The molecule has 0 spiro atoms. The molecule has 3 heteroatoms. The highest BCUT2D eigenvalue weighted by molar-refractivity contribution is 7.81. The van der Waals surface area contributed by atoms with Crippen molar-refractivity contribution in [3.8, 4) is 11.5 Å². The van der Waals surface area contributed by atoms with Gasteiger partial charge in [-0.15, -0.1) is 0 Å². The van der Waals surface area contributed by atoms with E-state index in [1.807, 2.05) is 42.5 Å². The second kappa shape index (κ2) is 19.9. The van der Waals surface area contributed by atoms with Crippen LogP contribution in [0.4, 0.5) is 0 Å². The van der Waals surface area contributed by atoms with Crippen LogP contribution in [0, 0.1) is 0 Å². The minimum absolute atomic E-state index is 0.785. The van der Waals surface area contributed by atoms with Crippen LogP contribution >= 0.6 is 12.2 Å². The van der Waals surface area contributed by atoms with E-state index in [2.05, 4.69) is 19.1 Å². The number of allylic oxidation sites excluding steroid dienone is 1. The Hall–Kier alpha value is -2.13. The number of hydrogen-bond acceptors (Lipinski definition) is 3. The van der Waals surface area contributed by atoms with Crippen LogP contribution in [0.5, 0.6) is 11.5 Å². The molecule has 0 bridgehead atoms. The van der Waals surface area contributed by atoms with Crippen molar-refractivity contribution in [3.05, 3.63) is 65.2 Å². The molecular formula is C34H50O2S. The molecule has 0 saturated heterocycles. The largest absolute Gasteiger partial charge is 0.493 e. The molecule has 0 heterocycles. The maximum absolute atomic E-state index is 5.78. The molecule has 0 fully saturated rings. The Morgan fingerprint density at radius 2 is 1.16 bits per heavy atom. The number of unbranched alkanes of at least 4 members (excludes halogenated alkanes) is 14. The molecule has 0 aliphatic heterocycles. The second-order valence-electron chi connectivity index (χ2n) is 10.1. The van der Waals surface area contributed by atoms with Crippen molar-refractivity contribution in [2.24, 2.45) is 0 Å². The molecule has 2 nitrogen and oxygen atoms in total. The molecule has 0 atom stereocenters. The van der Waals surface area contributed by atoms with Crippen LogP contribution in [0.15, 0.2) is 48.5 Å². The molecule has 204 valence electrons. The van der Waals surface area contributed by atoms with Crippen molar-refractivity contribution in [2.75, 3.05) is 14.2 Å². The number of benzene rings is 2. The first-order chi connectivity index (χ1) is 18.2. The van der Waals surface area contributed by atoms with Gasteiger partial charge in [-0.3, -0.25) is 0 Å². The van der Waals surface area contributed by atoms with E-state index in [4.69, 9.17) is 21.7 Å². The molecule has 0 N–H and O–H groups in total. The fourth-order valence-electron chi connectivity index (χ4n) is 4.93. The zero-order chi connectivity index (χ0) is 26.6. The van der Waals surface area contributed by atoms with Crippen LogP contribution in [-0.4, -0.2) is 19.1 Å². The van der Waals surface area contributed by atoms with Gasteiger partial charge in [0, 0.05) is 10.4 Å². The Labute approximate surface area is 232 Å². The molecule has 0 aliphatic rings. The highest BCUT2D eigenvalue weighted by atomic mass is 32.1. The van der Waals surface area contributed by atoms with Gasteiger partial charge in [0.25, 0.3) is 0 Å². The Morgan fingerprint density at radius 3 is 1.68 bits per heavy atom. The molecule has 0 unspecified atom stereocenters. The third-order valence-electron chi connectivity index (χ3n) is 7.15.